The van der Waals surface area contributed by atoms with Crippen molar-refractivity contribution in [2.75, 3.05) is 26.2 Å². The van der Waals surface area contributed by atoms with E-state index in [1.54, 1.807) is 13.8 Å². The van der Waals surface area contributed by atoms with Gasteiger partial charge in [-0.1, -0.05) is 13.8 Å². The summed E-state index contributed by atoms with van der Waals surface area (Å²) in [5.41, 5.74) is 0. The van der Waals surface area contributed by atoms with E-state index < -0.39 is 10.0 Å². The first-order valence-corrected chi connectivity index (χ1v) is 9.79. The van der Waals surface area contributed by atoms with E-state index in [-0.39, 0.29) is 16.9 Å². The average molecular weight is 346 g/mol. The van der Waals surface area contributed by atoms with Crippen LogP contribution in [0.4, 0.5) is 0 Å². The second-order valence-electron chi connectivity index (χ2n) is 5.08. The van der Waals surface area contributed by atoms with Crippen LogP contribution in [0.2, 0.25) is 0 Å². The fourth-order valence-electron chi connectivity index (χ4n) is 2.38. The molecule has 1 amide bonds. The zero-order chi connectivity index (χ0) is 16.2. The number of rotatable bonds is 7. The highest BCUT2D eigenvalue weighted by Crippen LogP contribution is 2.22. The maximum atomic E-state index is 12.4. The van der Waals surface area contributed by atoms with Crippen molar-refractivity contribution in [2.45, 2.75) is 37.7 Å². The Labute approximate surface area is 135 Å². The Bertz CT molecular complexity index is 602. The first-order valence-electron chi connectivity index (χ1n) is 7.47. The predicted octanol–water partition coefficient (Wildman–Crippen LogP) is 1.69. The van der Waals surface area contributed by atoms with Crippen LogP contribution in [0.3, 0.4) is 0 Å². The van der Waals surface area contributed by atoms with E-state index in [0.717, 1.165) is 30.8 Å². The zero-order valence-electron chi connectivity index (χ0n) is 12.9. The lowest BCUT2D eigenvalue weighted by Gasteiger charge is -2.17. The van der Waals surface area contributed by atoms with Gasteiger partial charge in [-0.3, -0.25) is 4.79 Å². The number of nitrogens with zero attached hydrogens (tertiary/aromatic N) is 1. The van der Waals surface area contributed by atoms with Gasteiger partial charge in [0.25, 0.3) is 5.91 Å². The smallest absolute Gasteiger partial charge is 0.261 e. The van der Waals surface area contributed by atoms with Crippen LogP contribution in [-0.4, -0.2) is 51.0 Å². The molecule has 6 nitrogen and oxygen atoms in total. The molecular weight excluding hydrogens is 324 g/mol. The average Bonchev–Trinajstić information content (AvgIpc) is 3.17. The summed E-state index contributed by atoms with van der Waals surface area (Å²) in [5, 5.41) is 4.32. The Morgan fingerprint density at radius 2 is 2.18 bits per heavy atom. The molecule has 124 valence electrons. The van der Waals surface area contributed by atoms with Crippen LogP contribution in [0.25, 0.3) is 0 Å². The molecule has 8 heteroatoms. The number of sulfonamides is 1. The van der Waals surface area contributed by atoms with Gasteiger partial charge in [0.15, 0.2) is 0 Å². The van der Waals surface area contributed by atoms with Gasteiger partial charge < -0.3 is 10.1 Å². The minimum atomic E-state index is -3.51. The zero-order valence-corrected chi connectivity index (χ0v) is 14.5. The predicted molar refractivity (Wildman–Crippen MR) is 85.7 cm³/mol. The topological polar surface area (TPSA) is 75.7 Å². The van der Waals surface area contributed by atoms with Gasteiger partial charge in [-0.05, 0) is 18.9 Å². The molecule has 1 fully saturated rings. The third kappa shape index (κ3) is 3.87. The van der Waals surface area contributed by atoms with E-state index in [2.05, 4.69) is 5.32 Å². The Hall–Kier alpha value is -0.960. The Balaban J connectivity index is 2.02. The van der Waals surface area contributed by atoms with Crippen molar-refractivity contribution in [3.63, 3.8) is 0 Å². The van der Waals surface area contributed by atoms with Crippen LogP contribution in [-0.2, 0) is 14.8 Å². The van der Waals surface area contributed by atoms with Gasteiger partial charge in [0.2, 0.25) is 10.0 Å². The standard InChI is InChI=1S/C14H22N2O4S2/c1-3-16(4-2)22(18,19)12-8-13(21-10-12)14(17)15-9-11-6-5-7-20-11/h8,10-11H,3-7,9H2,1-2H3,(H,15,17)/t11-/m1/s1. The van der Waals surface area contributed by atoms with Gasteiger partial charge in [0, 0.05) is 31.6 Å². The molecule has 0 spiro atoms. The lowest BCUT2D eigenvalue weighted by molar-refractivity contribution is 0.0861. The van der Waals surface area contributed by atoms with Crippen LogP contribution in [0.5, 0.6) is 0 Å². The summed E-state index contributed by atoms with van der Waals surface area (Å²) in [6.45, 7) is 5.62. The van der Waals surface area contributed by atoms with Crippen LogP contribution in [0, 0.1) is 0 Å². The van der Waals surface area contributed by atoms with Crippen molar-refractivity contribution in [1.29, 1.82) is 0 Å². The summed E-state index contributed by atoms with van der Waals surface area (Å²) in [6, 6.07) is 1.45. The number of carbonyl (C=O) groups excluding carboxylic acids is 1. The summed E-state index contributed by atoms with van der Waals surface area (Å²) >= 11 is 1.15. The summed E-state index contributed by atoms with van der Waals surface area (Å²) in [6.07, 6.45) is 2.04. The maximum absolute atomic E-state index is 12.4. The lowest BCUT2D eigenvalue weighted by Crippen LogP contribution is -2.31. The summed E-state index contributed by atoms with van der Waals surface area (Å²) < 4.78 is 31.6. The number of ether oxygens (including phenoxy) is 1. The molecule has 1 aromatic heterocycles. The number of thiophene rings is 1. The van der Waals surface area contributed by atoms with Crippen molar-refractivity contribution in [3.8, 4) is 0 Å². The van der Waals surface area contributed by atoms with Gasteiger partial charge in [0.1, 0.15) is 0 Å². The van der Waals surface area contributed by atoms with E-state index in [0.29, 0.717) is 24.5 Å². The first kappa shape index (κ1) is 17.4. The third-order valence-corrected chi connectivity index (χ3v) is 6.76. The largest absolute Gasteiger partial charge is 0.376 e. The minimum Gasteiger partial charge on any atom is -0.376 e. The Morgan fingerprint density at radius 1 is 1.45 bits per heavy atom. The molecule has 22 heavy (non-hydrogen) atoms. The highest BCUT2D eigenvalue weighted by molar-refractivity contribution is 7.89. The molecule has 0 radical (unpaired) electrons. The molecule has 1 atom stereocenters. The van der Waals surface area contributed by atoms with E-state index >= 15 is 0 Å². The molecule has 1 aromatic rings. The summed E-state index contributed by atoms with van der Waals surface area (Å²) in [4.78, 5) is 12.7. The highest BCUT2D eigenvalue weighted by atomic mass is 32.2. The molecule has 2 heterocycles. The fraction of sp³-hybridized carbons (Fsp3) is 0.643. The monoisotopic (exact) mass is 346 g/mol. The molecule has 0 unspecified atom stereocenters. The van der Waals surface area contributed by atoms with Gasteiger partial charge >= 0.3 is 0 Å². The fourth-order valence-corrected chi connectivity index (χ4v) is 5.02. The SMILES string of the molecule is CCN(CC)S(=O)(=O)c1csc(C(=O)NC[C@H]2CCCO2)c1. The van der Waals surface area contributed by atoms with Crippen LogP contribution < -0.4 is 5.32 Å². The molecule has 1 aliphatic rings. The maximum Gasteiger partial charge on any atom is 0.261 e. The van der Waals surface area contributed by atoms with Crippen LogP contribution in [0.1, 0.15) is 36.4 Å². The van der Waals surface area contributed by atoms with Crippen molar-refractivity contribution in [2.24, 2.45) is 0 Å². The number of amides is 1. The Morgan fingerprint density at radius 3 is 2.77 bits per heavy atom. The second kappa shape index (κ2) is 7.54. The molecule has 0 bridgehead atoms. The lowest BCUT2D eigenvalue weighted by atomic mass is 10.2. The van der Waals surface area contributed by atoms with Gasteiger partial charge in [0.05, 0.1) is 15.9 Å². The van der Waals surface area contributed by atoms with Gasteiger partial charge in [-0.15, -0.1) is 11.3 Å². The summed E-state index contributed by atoms with van der Waals surface area (Å²) in [5.74, 6) is -0.249. The molecular formula is C14H22N2O4S2. The third-order valence-electron chi connectivity index (χ3n) is 3.66. The van der Waals surface area contributed by atoms with E-state index in [1.807, 2.05) is 0 Å². The molecule has 0 aromatic carbocycles. The van der Waals surface area contributed by atoms with Crippen LogP contribution in [0.15, 0.2) is 16.3 Å². The van der Waals surface area contributed by atoms with Crippen molar-refractivity contribution in [1.82, 2.24) is 9.62 Å². The van der Waals surface area contributed by atoms with Crippen LogP contribution >= 0.6 is 11.3 Å². The second-order valence-corrected chi connectivity index (χ2v) is 7.93. The summed E-state index contributed by atoms with van der Waals surface area (Å²) in [7, 11) is -3.51. The molecule has 0 aliphatic carbocycles. The Kier molecular flexibility index (Phi) is 5.96. The van der Waals surface area contributed by atoms with Gasteiger partial charge in [-0.25, -0.2) is 8.42 Å². The number of hydrogen-bond donors (Lipinski definition) is 1. The number of hydrogen-bond acceptors (Lipinski definition) is 5. The molecule has 2 rings (SSSR count). The van der Waals surface area contributed by atoms with E-state index in [1.165, 1.54) is 15.8 Å². The van der Waals surface area contributed by atoms with Gasteiger partial charge in [-0.2, -0.15) is 4.31 Å². The number of carbonyl (C=O) groups is 1. The minimum absolute atomic E-state index is 0.0720. The van der Waals surface area contributed by atoms with Crippen molar-refractivity contribution < 1.29 is 17.9 Å². The van der Waals surface area contributed by atoms with E-state index in [4.69, 9.17) is 4.74 Å². The quantitative estimate of drug-likeness (QED) is 0.815. The molecule has 1 N–H and O–H groups in total. The first-order chi connectivity index (χ1) is 10.5. The molecule has 1 saturated heterocycles. The number of nitrogens with one attached hydrogen (secondary N) is 1. The van der Waals surface area contributed by atoms with Crippen molar-refractivity contribution in [3.05, 3.63) is 16.3 Å². The highest BCUT2D eigenvalue weighted by Gasteiger charge is 2.24. The van der Waals surface area contributed by atoms with Crippen molar-refractivity contribution >= 4 is 27.3 Å². The normalized spacial score (nSPS) is 18.8. The molecule has 1 aliphatic heterocycles. The van der Waals surface area contributed by atoms with E-state index in [9.17, 15) is 13.2 Å². The molecule has 0 saturated carbocycles.